The smallest absolute Gasteiger partial charge is 0.492 e. The molecular weight excluding hydrogens is 616 g/mol. The van der Waals surface area contributed by atoms with E-state index in [1.165, 1.54) is 52.0 Å². The average Bonchev–Trinajstić information content (AvgIpc) is 3.70. The Labute approximate surface area is 280 Å². The van der Waals surface area contributed by atoms with E-state index in [-0.39, 0.29) is 13.2 Å². The van der Waals surface area contributed by atoms with Gasteiger partial charge in [-0.05, 0) is 118 Å². The first-order valence-electron chi connectivity index (χ1n) is 16.1. The number of ether oxygens (including phenoxy) is 4. The van der Waals surface area contributed by atoms with Crippen LogP contribution in [-0.2, 0) is 20.7 Å². The van der Waals surface area contributed by atoms with Crippen LogP contribution in [0.4, 0.5) is 4.79 Å². The molecule has 1 aliphatic rings. The van der Waals surface area contributed by atoms with Gasteiger partial charge < -0.3 is 29.4 Å². The molecule has 1 amide bonds. The Morgan fingerprint density at radius 1 is 0.915 bits per heavy atom. The Bertz CT molecular complexity index is 1610. The van der Waals surface area contributed by atoms with Crippen molar-refractivity contribution in [3.05, 3.63) is 83.9 Å². The maximum atomic E-state index is 12.4. The van der Waals surface area contributed by atoms with Gasteiger partial charge in [0.15, 0.2) is 0 Å². The second kappa shape index (κ2) is 16.1. The van der Waals surface area contributed by atoms with Crippen molar-refractivity contribution >= 4 is 33.5 Å². The molecule has 1 saturated heterocycles. The lowest BCUT2D eigenvalue weighted by Crippen LogP contribution is -2.42. The maximum Gasteiger partial charge on any atom is 0.509 e. The number of aliphatic hydroxyl groups is 1. The molecule has 2 N–H and O–H groups in total. The number of amides is 1. The number of likely N-dealkylation sites (tertiary alicyclic amines) is 1. The van der Waals surface area contributed by atoms with Crippen LogP contribution in [0.2, 0.25) is 0 Å². The van der Waals surface area contributed by atoms with Crippen molar-refractivity contribution < 1.29 is 33.6 Å². The number of rotatable bonds is 14. The highest BCUT2D eigenvalue weighted by molar-refractivity contribution is 7.22. The number of nitrogens with zero attached hydrogens (tertiary/aromatic N) is 1. The first kappa shape index (κ1) is 34.2. The maximum absolute atomic E-state index is 12.4. The first-order chi connectivity index (χ1) is 22.7. The summed E-state index contributed by atoms with van der Waals surface area (Å²) in [7, 11) is 0. The Morgan fingerprint density at radius 2 is 1.57 bits per heavy atom. The van der Waals surface area contributed by atoms with Crippen molar-refractivity contribution in [2.24, 2.45) is 0 Å². The molecule has 0 aliphatic carbocycles. The zero-order valence-corrected chi connectivity index (χ0v) is 28.1. The third-order valence-electron chi connectivity index (χ3n) is 7.75. The fourth-order valence-electron chi connectivity index (χ4n) is 5.44. The van der Waals surface area contributed by atoms with Gasteiger partial charge >= 0.3 is 6.16 Å². The van der Waals surface area contributed by atoms with E-state index < -0.39 is 30.4 Å². The van der Waals surface area contributed by atoms with Gasteiger partial charge in [0.05, 0.1) is 13.2 Å². The second-order valence-electron chi connectivity index (χ2n) is 12.5. The number of fused-ring (bicyclic) bond motifs is 1. The number of aliphatic hydroxyl groups excluding tert-OH is 1. The molecule has 1 aliphatic heterocycles. The van der Waals surface area contributed by atoms with Crippen LogP contribution in [0, 0.1) is 0 Å². The monoisotopic (exact) mass is 660 g/mol. The van der Waals surface area contributed by atoms with Gasteiger partial charge in [-0.1, -0.05) is 30.3 Å². The fraction of sp³-hybridized carbons (Fsp3) is 0.405. The molecule has 0 spiro atoms. The molecule has 1 fully saturated rings. The molecule has 9 nitrogen and oxygen atoms in total. The van der Waals surface area contributed by atoms with Crippen molar-refractivity contribution in [3.8, 4) is 21.9 Å². The summed E-state index contributed by atoms with van der Waals surface area (Å²) in [5.74, 6) is 0.935. The minimum Gasteiger partial charge on any atom is -0.492 e. The van der Waals surface area contributed by atoms with Crippen LogP contribution in [0.1, 0.15) is 44.7 Å². The van der Waals surface area contributed by atoms with E-state index in [1.807, 2.05) is 12.1 Å². The fourth-order valence-corrected chi connectivity index (χ4v) is 6.66. The molecule has 4 aromatic rings. The van der Waals surface area contributed by atoms with Crippen LogP contribution in [0.25, 0.3) is 20.5 Å². The number of carbonyl (C=O) groups is 2. The van der Waals surface area contributed by atoms with Gasteiger partial charge in [0.2, 0.25) is 6.10 Å². The molecule has 0 saturated carbocycles. The van der Waals surface area contributed by atoms with Crippen molar-refractivity contribution in [2.75, 3.05) is 46.0 Å². The summed E-state index contributed by atoms with van der Waals surface area (Å²) < 4.78 is 23.1. The number of hydrogen-bond donors (Lipinski definition) is 2. The largest absolute Gasteiger partial charge is 0.509 e. The minimum absolute atomic E-state index is 0.164. The molecule has 47 heavy (non-hydrogen) atoms. The average molecular weight is 661 g/mol. The Morgan fingerprint density at radius 3 is 2.26 bits per heavy atom. The van der Waals surface area contributed by atoms with E-state index in [1.54, 1.807) is 32.1 Å². The van der Waals surface area contributed by atoms with Crippen LogP contribution in [0.15, 0.2) is 72.8 Å². The lowest BCUT2D eigenvalue weighted by molar-refractivity contribution is -0.134. The van der Waals surface area contributed by atoms with Gasteiger partial charge in [-0.25, -0.2) is 4.79 Å². The Balaban J connectivity index is 1.16. The molecule has 0 unspecified atom stereocenters. The molecular formula is C37H44N2O7S. The van der Waals surface area contributed by atoms with Crippen LogP contribution in [0.3, 0.4) is 0 Å². The normalized spacial score (nSPS) is 14.1. The van der Waals surface area contributed by atoms with Crippen molar-refractivity contribution in [2.45, 2.75) is 51.7 Å². The van der Waals surface area contributed by atoms with E-state index in [2.05, 4.69) is 70.9 Å². The third kappa shape index (κ3) is 9.93. The van der Waals surface area contributed by atoms with E-state index >= 15 is 0 Å². The lowest BCUT2D eigenvalue weighted by atomic mass is 9.99. The SMILES string of the molecule is CC(C)(C)OC(=O)O[C@@H](CO)C(=O)NCCOc1ccc(-c2sc3ccccc3c2Cc2ccc(OCCN3CCCC3)cc2)cc1. The van der Waals surface area contributed by atoms with Crippen LogP contribution < -0.4 is 14.8 Å². The summed E-state index contributed by atoms with van der Waals surface area (Å²) >= 11 is 1.78. The van der Waals surface area contributed by atoms with Crippen molar-refractivity contribution in [3.63, 3.8) is 0 Å². The highest BCUT2D eigenvalue weighted by Crippen LogP contribution is 2.40. The minimum atomic E-state index is -1.37. The molecule has 0 radical (unpaired) electrons. The van der Waals surface area contributed by atoms with Gasteiger partial charge in [-0.15, -0.1) is 11.3 Å². The summed E-state index contributed by atoms with van der Waals surface area (Å²) in [6.45, 7) is 8.78. The number of benzene rings is 3. The predicted octanol–water partition coefficient (Wildman–Crippen LogP) is 6.44. The van der Waals surface area contributed by atoms with E-state index in [0.717, 1.165) is 24.3 Å². The molecule has 5 rings (SSSR count). The first-order valence-corrected chi connectivity index (χ1v) is 17.0. The standard InChI is InChI=1S/C37H44N2O7S/c1-37(2,3)46-36(42)45-32(25-40)35(41)38-18-22-43-29-16-12-27(13-17-29)34-31(30-8-4-5-9-33(30)47-34)24-26-10-14-28(15-11-26)44-23-21-39-19-6-7-20-39/h4-5,8-17,32,40H,6-7,18-25H2,1-3H3,(H,38,41)/t32-/m0/s1. The summed E-state index contributed by atoms with van der Waals surface area (Å²) in [6.07, 6.45) is 0.998. The lowest BCUT2D eigenvalue weighted by Gasteiger charge is -2.21. The molecule has 250 valence electrons. The van der Waals surface area contributed by atoms with Gasteiger partial charge in [0.1, 0.15) is 30.3 Å². The zero-order chi connectivity index (χ0) is 33.2. The highest BCUT2D eigenvalue weighted by atomic mass is 32.1. The summed E-state index contributed by atoms with van der Waals surface area (Å²) in [5.41, 5.74) is 2.85. The quantitative estimate of drug-likeness (QED) is 0.118. The predicted molar refractivity (Wildman–Crippen MR) is 184 cm³/mol. The third-order valence-corrected chi connectivity index (χ3v) is 9.01. The van der Waals surface area contributed by atoms with Crippen molar-refractivity contribution in [1.29, 1.82) is 0 Å². The number of thiophene rings is 1. The highest BCUT2D eigenvalue weighted by Gasteiger charge is 2.26. The van der Waals surface area contributed by atoms with Gasteiger partial charge in [0.25, 0.3) is 5.91 Å². The number of hydrogen-bond acceptors (Lipinski definition) is 9. The van der Waals surface area contributed by atoms with Gasteiger partial charge in [-0.3, -0.25) is 9.69 Å². The van der Waals surface area contributed by atoms with E-state index in [9.17, 15) is 14.7 Å². The summed E-state index contributed by atoms with van der Waals surface area (Å²) in [5, 5.41) is 13.4. The Kier molecular flexibility index (Phi) is 11.7. The molecule has 3 aromatic carbocycles. The van der Waals surface area contributed by atoms with Crippen LogP contribution in [0.5, 0.6) is 11.5 Å². The molecule has 2 heterocycles. The van der Waals surface area contributed by atoms with Crippen LogP contribution >= 0.6 is 11.3 Å². The topological polar surface area (TPSA) is 107 Å². The molecule has 1 aromatic heterocycles. The summed E-state index contributed by atoms with van der Waals surface area (Å²) in [6, 6.07) is 24.9. The molecule has 0 bridgehead atoms. The zero-order valence-electron chi connectivity index (χ0n) is 27.3. The Hall–Kier alpha value is -4.12. The summed E-state index contributed by atoms with van der Waals surface area (Å²) in [4.78, 5) is 27.9. The number of nitrogens with one attached hydrogen (secondary N) is 1. The second-order valence-corrected chi connectivity index (χ2v) is 13.6. The number of carbonyl (C=O) groups excluding carboxylic acids is 2. The van der Waals surface area contributed by atoms with Gasteiger partial charge in [0, 0.05) is 16.1 Å². The molecule has 10 heteroatoms. The van der Waals surface area contributed by atoms with E-state index in [0.29, 0.717) is 12.4 Å². The molecule has 1 atom stereocenters. The van der Waals surface area contributed by atoms with Crippen LogP contribution in [-0.4, -0.2) is 79.8 Å². The van der Waals surface area contributed by atoms with Gasteiger partial charge in [-0.2, -0.15) is 0 Å². The van der Waals surface area contributed by atoms with E-state index in [4.69, 9.17) is 18.9 Å². The van der Waals surface area contributed by atoms with Crippen molar-refractivity contribution in [1.82, 2.24) is 10.2 Å².